The van der Waals surface area contributed by atoms with Gasteiger partial charge in [-0.2, -0.15) is 4.98 Å². The van der Waals surface area contributed by atoms with Gasteiger partial charge >= 0.3 is 0 Å². The second-order valence-electron chi connectivity index (χ2n) is 6.01. The Kier molecular flexibility index (Phi) is 6.51. The lowest BCUT2D eigenvalue weighted by molar-refractivity contribution is -0.140. The fraction of sp³-hybridized carbons (Fsp3) is 0.421. The van der Waals surface area contributed by atoms with E-state index in [1.165, 1.54) is 0 Å². The zero-order chi connectivity index (χ0) is 18.2. The quantitative estimate of drug-likeness (QED) is 0.758. The number of rotatable bonds is 7. The summed E-state index contributed by atoms with van der Waals surface area (Å²) < 4.78 is 15.6. The van der Waals surface area contributed by atoms with Crippen molar-refractivity contribution in [2.24, 2.45) is 0 Å². The second kappa shape index (κ2) is 9.26. The molecule has 1 saturated heterocycles. The van der Waals surface area contributed by atoms with Gasteiger partial charge < -0.3 is 18.9 Å². The minimum atomic E-state index is -0.316. The molecule has 1 aromatic heterocycles. The summed E-state index contributed by atoms with van der Waals surface area (Å²) in [6.07, 6.45) is 5.16. The SMILES string of the molecule is COCc1nc(C2COCCN2C(=O)CCC=Cc2ccccc2)no1. The highest BCUT2D eigenvalue weighted by molar-refractivity contribution is 5.77. The van der Waals surface area contributed by atoms with Crippen LogP contribution in [0.5, 0.6) is 0 Å². The molecular formula is C19H23N3O4. The summed E-state index contributed by atoms with van der Waals surface area (Å²) in [7, 11) is 1.56. The highest BCUT2D eigenvalue weighted by atomic mass is 16.5. The van der Waals surface area contributed by atoms with Crippen molar-refractivity contribution in [1.29, 1.82) is 0 Å². The third-order valence-corrected chi connectivity index (χ3v) is 4.13. The highest BCUT2D eigenvalue weighted by Crippen LogP contribution is 2.23. The van der Waals surface area contributed by atoms with Crippen LogP contribution in [0.4, 0.5) is 0 Å². The molecule has 0 saturated carbocycles. The van der Waals surface area contributed by atoms with Gasteiger partial charge in [0.25, 0.3) is 5.89 Å². The zero-order valence-electron chi connectivity index (χ0n) is 14.8. The van der Waals surface area contributed by atoms with Gasteiger partial charge in [0.1, 0.15) is 12.6 Å². The number of ether oxygens (including phenoxy) is 2. The largest absolute Gasteiger partial charge is 0.377 e. The topological polar surface area (TPSA) is 77.7 Å². The van der Waals surface area contributed by atoms with Gasteiger partial charge in [-0.15, -0.1) is 0 Å². The Bertz CT molecular complexity index is 729. The molecule has 26 heavy (non-hydrogen) atoms. The maximum absolute atomic E-state index is 12.7. The second-order valence-corrected chi connectivity index (χ2v) is 6.01. The van der Waals surface area contributed by atoms with E-state index in [-0.39, 0.29) is 18.6 Å². The Morgan fingerprint density at radius 1 is 1.38 bits per heavy atom. The van der Waals surface area contributed by atoms with Crippen LogP contribution in [0.15, 0.2) is 40.9 Å². The van der Waals surface area contributed by atoms with E-state index in [1.807, 2.05) is 42.5 Å². The Morgan fingerprint density at radius 2 is 2.23 bits per heavy atom. The first-order valence-electron chi connectivity index (χ1n) is 8.68. The maximum Gasteiger partial charge on any atom is 0.252 e. The van der Waals surface area contributed by atoms with Gasteiger partial charge in [0.05, 0.1) is 13.2 Å². The summed E-state index contributed by atoms with van der Waals surface area (Å²) >= 11 is 0. The normalized spacial score (nSPS) is 17.7. The van der Waals surface area contributed by atoms with Crippen LogP contribution in [0.1, 0.15) is 36.2 Å². The number of benzene rings is 1. The number of hydrogen-bond acceptors (Lipinski definition) is 6. The van der Waals surface area contributed by atoms with Crippen LogP contribution in [0.2, 0.25) is 0 Å². The van der Waals surface area contributed by atoms with Gasteiger partial charge in [-0.25, -0.2) is 0 Å². The van der Waals surface area contributed by atoms with Crippen molar-refractivity contribution >= 4 is 12.0 Å². The van der Waals surface area contributed by atoms with Crippen molar-refractivity contribution in [1.82, 2.24) is 15.0 Å². The van der Waals surface area contributed by atoms with E-state index >= 15 is 0 Å². The lowest BCUT2D eigenvalue weighted by Crippen LogP contribution is -2.43. The van der Waals surface area contributed by atoms with Gasteiger partial charge in [-0.1, -0.05) is 47.6 Å². The van der Waals surface area contributed by atoms with E-state index in [4.69, 9.17) is 14.0 Å². The van der Waals surface area contributed by atoms with Crippen molar-refractivity contribution in [2.45, 2.75) is 25.5 Å². The zero-order valence-corrected chi connectivity index (χ0v) is 14.8. The van der Waals surface area contributed by atoms with E-state index in [1.54, 1.807) is 12.0 Å². The molecule has 3 rings (SSSR count). The third kappa shape index (κ3) is 4.77. The van der Waals surface area contributed by atoms with Crippen molar-refractivity contribution in [3.63, 3.8) is 0 Å². The van der Waals surface area contributed by atoms with Crippen molar-refractivity contribution in [2.75, 3.05) is 26.9 Å². The summed E-state index contributed by atoms with van der Waals surface area (Å²) in [5.41, 5.74) is 1.13. The number of carbonyl (C=O) groups is 1. The van der Waals surface area contributed by atoms with Crippen LogP contribution in [-0.2, 0) is 20.9 Å². The molecule has 7 heteroatoms. The molecule has 0 spiro atoms. The van der Waals surface area contributed by atoms with Crippen LogP contribution in [0.3, 0.4) is 0 Å². The predicted molar refractivity (Wildman–Crippen MR) is 95.0 cm³/mol. The van der Waals surface area contributed by atoms with Gasteiger partial charge in [0, 0.05) is 20.1 Å². The van der Waals surface area contributed by atoms with Crippen molar-refractivity contribution in [3.8, 4) is 0 Å². The Hall–Kier alpha value is -2.51. The standard InChI is InChI=1S/C19H23N3O4/c1-24-14-17-20-19(21-26-17)16-13-25-12-11-22(16)18(23)10-6-5-9-15-7-3-2-4-8-15/h2-5,7-9,16H,6,10-14H2,1H3. The van der Waals surface area contributed by atoms with E-state index < -0.39 is 0 Å². The third-order valence-electron chi connectivity index (χ3n) is 4.13. The van der Waals surface area contributed by atoms with E-state index in [0.717, 1.165) is 5.56 Å². The van der Waals surface area contributed by atoms with Crippen LogP contribution in [0, 0.1) is 0 Å². The summed E-state index contributed by atoms with van der Waals surface area (Å²) in [4.78, 5) is 18.7. The number of hydrogen-bond donors (Lipinski definition) is 0. The molecule has 0 bridgehead atoms. The number of allylic oxidation sites excluding steroid dienone is 1. The molecule has 1 aliphatic heterocycles. The summed E-state index contributed by atoms with van der Waals surface area (Å²) in [6, 6.07) is 9.71. The van der Waals surface area contributed by atoms with E-state index in [0.29, 0.717) is 44.3 Å². The first-order valence-corrected chi connectivity index (χ1v) is 8.68. The van der Waals surface area contributed by atoms with Crippen molar-refractivity contribution < 1.29 is 18.8 Å². The molecule has 0 aliphatic carbocycles. The number of amides is 1. The van der Waals surface area contributed by atoms with Crippen LogP contribution < -0.4 is 0 Å². The summed E-state index contributed by atoms with van der Waals surface area (Å²) in [6.45, 7) is 1.67. The van der Waals surface area contributed by atoms with E-state index in [9.17, 15) is 4.79 Å². The minimum absolute atomic E-state index is 0.0640. The molecule has 1 aliphatic rings. The number of carbonyl (C=O) groups excluding carboxylic acids is 1. The van der Waals surface area contributed by atoms with Gasteiger partial charge in [-0.05, 0) is 12.0 Å². The highest BCUT2D eigenvalue weighted by Gasteiger charge is 2.31. The average Bonchev–Trinajstić information content (AvgIpc) is 3.15. The number of morpholine rings is 1. The maximum atomic E-state index is 12.7. The van der Waals surface area contributed by atoms with Crippen molar-refractivity contribution in [3.05, 3.63) is 53.7 Å². The van der Waals surface area contributed by atoms with Crippen LogP contribution >= 0.6 is 0 Å². The monoisotopic (exact) mass is 357 g/mol. The first kappa shape index (κ1) is 18.3. The fourth-order valence-corrected chi connectivity index (χ4v) is 2.84. The lowest BCUT2D eigenvalue weighted by atomic mass is 10.1. The Labute approximate surface area is 152 Å². The molecule has 0 N–H and O–H groups in total. The number of aromatic nitrogens is 2. The number of methoxy groups -OCH3 is 1. The molecule has 2 heterocycles. The summed E-state index contributed by atoms with van der Waals surface area (Å²) in [5, 5.41) is 3.97. The molecule has 138 valence electrons. The fourth-order valence-electron chi connectivity index (χ4n) is 2.84. The van der Waals surface area contributed by atoms with E-state index in [2.05, 4.69) is 10.1 Å². The molecule has 1 aromatic carbocycles. The smallest absolute Gasteiger partial charge is 0.252 e. The number of nitrogens with zero attached hydrogens (tertiary/aromatic N) is 3. The van der Waals surface area contributed by atoms with Gasteiger partial charge in [-0.3, -0.25) is 4.79 Å². The lowest BCUT2D eigenvalue weighted by Gasteiger charge is -2.33. The molecule has 2 aromatic rings. The van der Waals surface area contributed by atoms with Gasteiger partial charge in [0.2, 0.25) is 5.91 Å². The molecule has 1 unspecified atom stereocenters. The predicted octanol–water partition coefficient (Wildman–Crippen LogP) is 2.61. The molecular weight excluding hydrogens is 334 g/mol. The average molecular weight is 357 g/mol. The first-order chi connectivity index (χ1) is 12.8. The minimum Gasteiger partial charge on any atom is -0.377 e. The molecule has 1 fully saturated rings. The van der Waals surface area contributed by atoms with Crippen LogP contribution in [0.25, 0.3) is 6.08 Å². The van der Waals surface area contributed by atoms with Crippen LogP contribution in [-0.4, -0.2) is 47.8 Å². The summed E-state index contributed by atoms with van der Waals surface area (Å²) in [5.74, 6) is 0.922. The molecule has 0 radical (unpaired) electrons. The Balaban J connectivity index is 1.57. The Morgan fingerprint density at radius 3 is 3.04 bits per heavy atom. The molecule has 1 amide bonds. The molecule has 1 atom stereocenters. The molecule has 7 nitrogen and oxygen atoms in total. The van der Waals surface area contributed by atoms with Gasteiger partial charge in [0.15, 0.2) is 5.82 Å².